The van der Waals surface area contributed by atoms with Gasteiger partial charge in [-0.15, -0.1) is 0 Å². The maximum Gasteiger partial charge on any atom is 0.0695 e. The van der Waals surface area contributed by atoms with Crippen LogP contribution in [0.1, 0.15) is 32.3 Å². The summed E-state index contributed by atoms with van der Waals surface area (Å²) in [7, 11) is 0. The lowest BCUT2D eigenvalue weighted by atomic mass is 9.88. The smallest absolute Gasteiger partial charge is 0.0695 e. The molecule has 0 fully saturated rings. The van der Waals surface area contributed by atoms with Crippen molar-refractivity contribution >= 4 is 0 Å². The third-order valence-electron chi connectivity index (χ3n) is 3.71. The van der Waals surface area contributed by atoms with Crippen LogP contribution in [0.25, 0.3) is 11.3 Å². The molecule has 1 aromatic heterocycles. The third kappa shape index (κ3) is 4.69. The van der Waals surface area contributed by atoms with Crippen LogP contribution in [0.2, 0.25) is 0 Å². The fourth-order valence-corrected chi connectivity index (χ4v) is 2.48. The van der Waals surface area contributed by atoms with E-state index in [9.17, 15) is 0 Å². The summed E-state index contributed by atoms with van der Waals surface area (Å²) in [6.45, 7) is 6.44. The van der Waals surface area contributed by atoms with Crippen LogP contribution < -0.4 is 5.32 Å². The molecule has 1 heterocycles. The molecule has 0 aliphatic rings. The van der Waals surface area contributed by atoms with Crippen molar-refractivity contribution in [3.63, 3.8) is 0 Å². The Morgan fingerprint density at radius 3 is 2.71 bits per heavy atom. The third-order valence-corrected chi connectivity index (χ3v) is 3.71. The highest BCUT2D eigenvalue weighted by molar-refractivity contribution is 5.62. The molecule has 3 N–H and O–H groups in total. The van der Waals surface area contributed by atoms with E-state index in [1.165, 1.54) is 5.56 Å². The number of rotatable bonds is 8. The Kier molecular flexibility index (Phi) is 5.53. The molecule has 2 aromatic rings. The van der Waals surface area contributed by atoms with Crippen molar-refractivity contribution in [3.8, 4) is 11.3 Å². The normalized spacial score (nSPS) is 11.8. The van der Waals surface area contributed by atoms with Gasteiger partial charge in [0.25, 0.3) is 0 Å². The first-order valence-electron chi connectivity index (χ1n) is 7.52. The second-order valence-corrected chi connectivity index (χ2v) is 6.23. The molecular weight excluding hydrogens is 262 g/mol. The van der Waals surface area contributed by atoms with Crippen LogP contribution >= 0.6 is 0 Å². The van der Waals surface area contributed by atoms with E-state index < -0.39 is 0 Å². The van der Waals surface area contributed by atoms with Crippen molar-refractivity contribution in [2.45, 2.75) is 33.2 Å². The first kappa shape index (κ1) is 15.7. The van der Waals surface area contributed by atoms with Gasteiger partial charge in [-0.2, -0.15) is 5.10 Å². The van der Waals surface area contributed by atoms with E-state index in [1.807, 2.05) is 24.4 Å². The summed E-state index contributed by atoms with van der Waals surface area (Å²) in [5, 5.41) is 19.7. The number of nitrogens with one attached hydrogen (secondary N) is 2. The Morgan fingerprint density at radius 1 is 1.24 bits per heavy atom. The lowest BCUT2D eigenvalue weighted by Crippen LogP contribution is -2.29. The minimum atomic E-state index is 0.194. The minimum Gasteiger partial charge on any atom is -0.396 e. The summed E-state index contributed by atoms with van der Waals surface area (Å²) in [4.78, 5) is 0. The van der Waals surface area contributed by atoms with Crippen molar-refractivity contribution in [3.05, 3.63) is 42.1 Å². The number of aliphatic hydroxyl groups is 1. The Morgan fingerprint density at radius 2 is 2.00 bits per heavy atom. The van der Waals surface area contributed by atoms with Gasteiger partial charge in [-0.1, -0.05) is 44.2 Å². The summed E-state index contributed by atoms with van der Waals surface area (Å²) in [5.41, 5.74) is 3.61. The van der Waals surface area contributed by atoms with E-state index in [0.29, 0.717) is 0 Å². The van der Waals surface area contributed by atoms with E-state index >= 15 is 0 Å². The van der Waals surface area contributed by atoms with Gasteiger partial charge in [0.15, 0.2) is 0 Å². The quantitative estimate of drug-likeness (QED) is 0.699. The number of benzene rings is 1. The topological polar surface area (TPSA) is 60.9 Å². The Hall–Kier alpha value is -1.65. The second-order valence-electron chi connectivity index (χ2n) is 6.23. The predicted molar refractivity (Wildman–Crippen MR) is 85.8 cm³/mol. The Bertz CT molecular complexity index is 534. The molecule has 21 heavy (non-hydrogen) atoms. The van der Waals surface area contributed by atoms with E-state index in [1.54, 1.807) is 0 Å². The molecule has 1 aromatic carbocycles. The zero-order valence-electron chi connectivity index (χ0n) is 12.9. The largest absolute Gasteiger partial charge is 0.396 e. The molecule has 0 aliphatic carbocycles. The molecule has 0 unspecified atom stereocenters. The molecule has 0 saturated carbocycles. The van der Waals surface area contributed by atoms with Gasteiger partial charge in [0.1, 0.15) is 0 Å². The summed E-state index contributed by atoms with van der Waals surface area (Å²) in [6, 6.07) is 10.3. The molecule has 4 heteroatoms. The lowest BCUT2D eigenvalue weighted by molar-refractivity contribution is 0.236. The molecule has 0 saturated heterocycles. The van der Waals surface area contributed by atoms with Crippen LogP contribution in [0.15, 0.2) is 36.5 Å². The average molecular weight is 287 g/mol. The number of nitrogens with zero attached hydrogens (tertiary/aromatic N) is 1. The highest BCUT2D eigenvalue weighted by atomic mass is 16.2. The van der Waals surface area contributed by atoms with Gasteiger partial charge in [-0.3, -0.25) is 5.10 Å². The maximum absolute atomic E-state index is 8.93. The number of H-pyrrole nitrogens is 1. The number of aromatic nitrogens is 2. The lowest BCUT2D eigenvalue weighted by Gasteiger charge is -2.24. The van der Waals surface area contributed by atoms with Crippen LogP contribution in [0.3, 0.4) is 0 Å². The highest BCUT2D eigenvalue weighted by Crippen LogP contribution is 2.23. The van der Waals surface area contributed by atoms with Gasteiger partial charge in [0, 0.05) is 25.3 Å². The number of hydrogen-bond acceptors (Lipinski definition) is 3. The number of hydrogen-bond donors (Lipinski definition) is 3. The van der Waals surface area contributed by atoms with Crippen LogP contribution in [0, 0.1) is 5.41 Å². The molecule has 0 radical (unpaired) electrons. The van der Waals surface area contributed by atoms with E-state index in [-0.39, 0.29) is 12.0 Å². The molecular formula is C17H25N3O. The predicted octanol–water partition coefficient (Wildman–Crippen LogP) is 2.97. The first-order valence-corrected chi connectivity index (χ1v) is 7.52. The number of aromatic amines is 1. The van der Waals surface area contributed by atoms with Gasteiger partial charge in [0.05, 0.1) is 11.9 Å². The summed E-state index contributed by atoms with van der Waals surface area (Å²) in [6.07, 6.45) is 3.76. The second kappa shape index (κ2) is 7.38. The summed E-state index contributed by atoms with van der Waals surface area (Å²) >= 11 is 0. The maximum atomic E-state index is 8.93. The van der Waals surface area contributed by atoms with Crippen molar-refractivity contribution in [2.75, 3.05) is 13.2 Å². The van der Waals surface area contributed by atoms with Gasteiger partial charge in [-0.25, -0.2) is 0 Å². The van der Waals surface area contributed by atoms with Crippen molar-refractivity contribution in [1.82, 2.24) is 15.5 Å². The summed E-state index contributed by atoms with van der Waals surface area (Å²) in [5.74, 6) is 0. The molecule has 0 amide bonds. The van der Waals surface area contributed by atoms with Crippen LogP contribution in [0.5, 0.6) is 0 Å². The Labute approximate surface area is 126 Å². The molecule has 2 rings (SSSR count). The molecule has 0 aliphatic heterocycles. The fourth-order valence-electron chi connectivity index (χ4n) is 2.48. The van der Waals surface area contributed by atoms with E-state index in [0.717, 1.165) is 37.2 Å². The van der Waals surface area contributed by atoms with Crippen LogP contribution in [-0.2, 0) is 6.54 Å². The zero-order chi connectivity index (χ0) is 15.1. The Balaban J connectivity index is 1.92. The molecule has 114 valence electrons. The van der Waals surface area contributed by atoms with E-state index in [4.69, 9.17) is 5.11 Å². The highest BCUT2D eigenvalue weighted by Gasteiger charge is 2.17. The fraction of sp³-hybridized carbons (Fsp3) is 0.471. The zero-order valence-corrected chi connectivity index (χ0v) is 12.9. The molecule has 0 atom stereocenters. The van der Waals surface area contributed by atoms with E-state index in [2.05, 4.69) is 41.5 Å². The number of aliphatic hydroxyl groups excluding tert-OH is 1. The van der Waals surface area contributed by atoms with Gasteiger partial charge < -0.3 is 10.4 Å². The van der Waals surface area contributed by atoms with Gasteiger partial charge >= 0.3 is 0 Å². The first-order chi connectivity index (χ1) is 10.1. The van der Waals surface area contributed by atoms with Gasteiger partial charge in [0.2, 0.25) is 0 Å². The molecule has 0 spiro atoms. The van der Waals surface area contributed by atoms with Gasteiger partial charge in [-0.05, 0) is 23.8 Å². The summed E-state index contributed by atoms with van der Waals surface area (Å²) < 4.78 is 0. The van der Waals surface area contributed by atoms with Crippen LogP contribution in [-0.4, -0.2) is 28.5 Å². The van der Waals surface area contributed by atoms with Crippen molar-refractivity contribution < 1.29 is 5.11 Å². The average Bonchev–Trinajstić information content (AvgIpc) is 2.94. The monoisotopic (exact) mass is 287 g/mol. The minimum absolute atomic E-state index is 0.194. The van der Waals surface area contributed by atoms with Crippen LogP contribution in [0.4, 0.5) is 0 Å². The van der Waals surface area contributed by atoms with Crippen molar-refractivity contribution in [1.29, 1.82) is 0 Å². The molecule has 0 bridgehead atoms. The molecule has 4 nitrogen and oxygen atoms in total. The van der Waals surface area contributed by atoms with Crippen molar-refractivity contribution in [2.24, 2.45) is 5.41 Å². The SMILES string of the molecule is CC(C)(CCCO)CNCc1cn[nH]c1-c1ccccc1. The standard InChI is InChI=1S/C17H25N3O/c1-17(2,9-6-10-21)13-18-11-15-12-19-20-16(15)14-7-4-3-5-8-14/h3-5,7-8,12,18,21H,6,9-11,13H2,1-2H3,(H,19,20).